The van der Waals surface area contributed by atoms with E-state index in [0.717, 1.165) is 16.7 Å². The first-order valence-electron chi connectivity index (χ1n) is 6.05. The van der Waals surface area contributed by atoms with Gasteiger partial charge >= 0.3 is 5.97 Å². The molecule has 0 saturated heterocycles. The van der Waals surface area contributed by atoms with Gasteiger partial charge in [0.15, 0.2) is 0 Å². The Morgan fingerprint density at radius 1 is 1.11 bits per heavy atom. The first-order valence-corrected chi connectivity index (χ1v) is 6.05. The van der Waals surface area contributed by atoms with E-state index < -0.39 is 5.97 Å². The fourth-order valence-electron chi connectivity index (χ4n) is 2.23. The molecule has 0 heterocycles. The second kappa shape index (κ2) is 5.02. The minimum atomic E-state index is -1.01. The van der Waals surface area contributed by atoms with Crippen molar-refractivity contribution in [3.05, 3.63) is 47.5 Å². The van der Waals surface area contributed by atoms with Crippen molar-refractivity contribution in [3.8, 4) is 11.1 Å². The van der Waals surface area contributed by atoms with Gasteiger partial charge < -0.3 is 16.6 Å². The second-order valence-electron chi connectivity index (χ2n) is 4.30. The number of hydrogen-bond acceptors (Lipinski definition) is 3. The largest absolute Gasteiger partial charge is 0.478 e. The minimum Gasteiger partial charge on any atom is -0.478 e. The van der Waals surface area contributed by atoms with E-state index in [1.54, 1.807) is 6.07 Å². The Labute approximate surface area is 111 Å². The number of nitrogen functional groups attached to an aromatic ring is 2. The number of anilines is 2. The number of aromatic carboxylic acids is 1. The van der Waals surface area contributed by atoms with Crippen LogP contribution in [-0.2, 0) is 6.42 Å². The maximum atomic E-state index is 11.1. The smallest absolute Gasteiger partial charge is 0.337 e. The van der Waals surface area contributed by atoms with Gasteiger partial charge in [-0.3, -0.25) is 0 Å². The molecule has 0 atom stereocenters. The molecule has 0 bridgehead atoms. The lowest BCUT2D eigenvalue weighted by Gasteiger charge is -2.14. The van der Waals surface area contributed by atoms with Crippen LogP contribution in [0, 0.1) is 0 Å². The predicted molar refractivity (Wildman–Crippen MR) is 77.0 cm³/mol. The Morgan fingerprint density at radius 2 is 1.79 bits per heavy atom. The summed E-state index contributed by atoms with van der Waals surface area (Å²) < 4.78 is 0. The summed E-state index contributed by atoms with van der Waals surface area (Å²) in [6.45, 7) is 1.94. The second-order valence-corrected chi connectivity index (χ2v) is 4.30. The Balaban J connectivity index is 2.69. The van der Waals surface area contributed by atoms with E-state index >= 15 is 0 Å². The Hall–Kier alpha value is -2.49. The fraction of sp³-hybridized carbons (Fsp3) is 0.133. The number of carboxylic acid groups (broad SMARTS) is 1. The van der Waals surface area contributed by atoms with Gasteiger partial charge in [0.1, 0.15) is 0 Å². The highest BCUT2D eigenvalue weighted by molar-refractivity contribution is 5.97. The van der Waals surface area contributed by atoms with Gasteiger partial charge in [-0.2, -0.15) is 0 Å². The monoisotopic (exact) mass is 256 g/mol. The van der Waals surface area contributed by atoms with Crippen LogP contribution in [0.1, 0.15) is 22.8 Å². The maximum Gasteiger partial charge on any atom is 0.337 e. The molecule has 0 fully saturated rings. The topological polar surface area (TPSA) is 89.3 Å². The van der Waals surface area contributed by atoms with E-state index in [9.17, 15) is 4.79 Å². The molecule has 0 unspecified atom stereocenters. The summed E-state index contributed by atoms with van der Waals surface area (Å²) in [6.07, 6.45) is 0.649. The molecule has 98 valence electrons. The lowest BCUT2D eigenvalue weighted by molar-refractivity contribution is 0.0698. The van der Waals surface area contributed by atoms with Crippen LogP contribution in [0.25, 0.3) is 11.1 Å². The number of benzene rings is 2. The standard InChI is InChI=1S/C15H16N2O2/c1-2-9-10(11-5-3-4-6-13(11)16)7-8-12(14(9)17)15(18)19/h3-8H,2,16-17H2,1H3,(H,18,19). The highest BCUT2D eigenvalue weighted by atomic mass is 16.4. The van der Waals surface area contributed by atoms with E-state index in [1.807, 2.05) is 31.2 Å². The number of carboxylic acids is 1. The number of nitrogens with two attached hydrogens (primary N) is 2. The molecule has 4 nitrogen and oxygen atoms in total. The van der Waals surface area contributed by atoms with Crippen molar-refractivity contribution in [2.24, 2.45) is 0 Å². The zero-order chi connectivity index (χ0) is 14.0. The Morgan fingerprint density at radius 3 is 2.37 bits per heavy atom. The number of carbonyl (C=O) groups is 1. The summed E-state index contributed by atoms with van der Waals surface area (Å²) in [5.74, 6) is -1.01. The summed E-state index contributed by atoms with van der Waals surface area (Å²) in [5.41, 5.74) is 15.6. The zero-order valence-electron chi connectivity index (χ0n) is 10.7. The van der Waals surface area contributed by atoms with Gasteiger partial charge in [-0.25, -0.2) is 4.79 Å². The van der Waals surface area contributed by atoms with Crippen LogP contribution in [-0.4, -0.2) is 11.1 Å². The third-order valence-electron chi connectivity index (χ3n) is 3.19. The van der Waals surface area contributed by atoms with Crippen LogP contribution in [0.3, 0.4) is 0 Å². The quantitative estimate of drug-likeness (QED) is 0.736. The van der Waals surface area contributed by atoms with Crippen LogP contribution in [0.4, 0.5) is 11.4 Å². The van der Waals surface area contributed by atoms with Gasteiger partial charge in [0.2, 0.25) is 0 Å². The summed E-state index contributed by atoms with van der Waals surface area (Å²) in [6, 6.07) is 10.8. The molecule has 0 aromatic heterocycles. The molecule has 0 aliphatic rings. The SMILES string of the molecule is CCc1c(-c2ccccc2N)ccc(C(=O)O)c1N. The summed E-state index contributed by atoms with van der Waals surface area (Å²) in [4.78, 5) is 11.1. The Bertz CT molecular complexity index is 636. The van der Waals surface area contributed by atoms with E-state index in [-0.39, 0.29) is 5.56 Å². The van der Waals surface area contributed by atoms with Gasteiger partial charge in [-0.15, -0.1) is 0 Å². The van der Waals surface area contributed by atoms with E-state index in [1.165, 1.54) is 6.07 Å². The average molecular weight is 256 g/mol. The Kier molecular flexibility index (Phi) is 3.42. The van der Waals surface area contributed by atoms with Crippen LogP contribution in [0.15, 0.2) is 36.4 Å². The molecule has 0 amide bonds. The number of para-hydroxylation sites is 1. The molecule has 4 heteroatoms. The van der Waals surface area contributed by atoms with Crippen molar-refractivity contribution in [3.63, 3.8) is 0 Å². The van der Waals surface area contributed by atoms with Crippen LogP contribution >= 0.6 is 0 Å². The van der Waals surface area contributed by atoms with E-state index in [4.69, 9.17) is 16.6 Å². The highest BCUT2D eigenvalue weighted by Gasteiger charge is 2.16. The number of hydrogen-bond donors (Lipinski definition) is 3. The van der Waals surface area contributed by atoms with Gasteiger partial charge in [0.25, 0.3) is 0 Å². The molecule has 0 spiro atoms. The van der Waals surface area contributed by atoms with E-state index in [2.05, 4.69) is 0 Å². The predicted octanol–water partition coefficient (Wildman–Crippen LogP) is 2.78. The summed E-state index contributed by atoms with van der Waals surface area (Å²) in [7, 11) is 0. The fourth-order valence-corrected chi connectivity index (χ4v) is 2.23. The van der Waals surface area contributed by atoms with Gasteiger partial charge in [-0.05, 0) is 29.7 Å². The van der Waals surface area contributed by atoms with Crippen molar-refractivity contribution in [1.82, 2.24) is 0 Å². The zero-order valence-corrected chi connectivity index (χ0v) is 10.7. The van der Waals surface area contributed by atoms with Crippen molar-refractivity contribution in [2.75, 3.05) is 11.5 Å². The van der Waals surface area contributed by atoms with Crippen molar-refractivity contribution >= 4 is 17.3 Å². The summed E-state index contributed by atoms with van der Waals surface area (Å²) in [5, 5.41) is 9.10. The lowest BCUT2D eigenvalue weighted by Crippen LogP contribution is -2.07. The molecule has 5 N–H and O–H groups in total. The molecule has 0 aliphatic heterocycles. The first-order chi connectivity index (χ1) is 9.06. The third-order valence-corrected chi connectivity index (χ3v) is 3.19. The maximum absolute atomic E-state index is 11.1. The number of rotatable bonds is 3. The molecule has 0 radical (unpaired) electrons. The normalized spacial score (nSPS) is 10.4. The molecular weight excluding hydrogens is 240 g/mol. The molecule has 0 aliphatic carbocycles. The molecule has 2 rings (SSSR count). The van der Waals surface area contributed by atoms with Crippen LogP contribution in [0.2, 0.25) is 0 Å². The third kappa shape index (κ3) is 2.25. The molecule has 2 aromatic carbocycles. The average Bonchev–Trinajstić information content (AvgIpc) is 2.38. The summed E-state index contributed by atoms with van der Waals surface area (Å²) >= 11 is 0. The molecule has 2 aromatic rings. The first kappa shape index (κ1) is 13.0. The van der Waals surface area contributed by atoms with Gasteiger partial charge in [0, 0.05) is 16.9 Å². The van der Waals surface area contributed by atoms with Crippen molar-refractivity contribution in [2.45, 2.75) is 13.3 Å². The van der Waals surface area contributed by atoms with Gasteiger partial charge in [-0.1, -0.05) is 31.2 Å². The van der Waals surface area contributed by atoms with Crippen LogP contribution in [0.5, 0.6) is 0 Å². The lowest BCUT2D eigenvalue weighted by atomic mass is 9.93. The van der Waals surface area contributed by atoms with Crippen molar-refractivity contribution in [1.29, 1.82) is 0 Å². The molecule has 0 saturated carbocycles. The molecule has 19 heavy (non-hydrogen) atoms. The van der Waals surface area contributed by atoms with Crippen molar-refractivity contribution < 1.29 is 9.90 Å². The minimum absolute atomic E-state index is 0.134. The van der Waals surface area contributed by atoms with Gasteiger partial charge in [0.05, 0.1) is 5.56 Å². The van der Waals surface area contributed by atoms with Crippen LogP contribution < -0.4 is 11.5 Å². The van der Waals surface area contributed by atoms with E-state index in [0.29, 0.717) is 17.8 Å². The highest BCUT2D eigenvalue weighted by Crippen LogP contribution is 2.33. The molecular formula is C15H16N2O2.